The van der Waals surface area contributed by atoms with Gasteiger partial charge < -0.3 is 14.7 Å². The first-order chi connectivity index (χ1) is 31.2. The molecule has 4 heteroatoms. The van der Waals surface area contributed by atoms with Crippen molar-refractivity contribution in [2.45, 2.75) is 174 Å². The van der Waals surface area contributed by atoms with Gasteiger partial charge in [-0.1, -0.05) is 177 Å². The van der Waals surface area contributed by atoms with E-state index in [-0.39, 0.29) is 44.7 Å². The van der Waals surface area contributed by atoms with Crippen LogP contribution in [0.5, 0.6) is 0 Å². The first-order valence-corrected chi connectivity index (χ1v) is 25.5. The molecule has 6 aromatic rings. The number of rotatable bonds is 2. The highest BCUT2D eigenvalue weighted by molar-refractivity contribution is 7.00. The molecule has 0 saturated heterocycles. The number of benzene rings is 6. The molecule has 6 aromatic carbocycles. The zero-order chi connectivity index (χ0) is 47.8. The average Bonchev–Trinajstić information content (AvgIpc) is 3.47. The van der Waals surface area contributed by atoms with Crippen LogP contribution >= 0.6 is 0 Å². The summed E-state index contributed by atoms with van der Waals surface area (Å²) in [7, 11) is 0. The third-order valence-corrected chi connectivity index (χ3v) is 17.6. The van der Waals surface area contributed by atoms with Gasteiger partial charge in [-0.25, -0.2) is 0 Å². The average molecular weight is 884 g/mol. The van der Waals surface area contributed by atoms with Gasteiger partial charge in [-0.15, -0.1) is 0 Å². The Hall–Kier alpha value is -5.22. The van der Waals surface area contributed by atoms with Gasteiger partial charge in [0.1, 0.15) is 0 Å². The molecule has 0 radical (unpaired) electrons. The minimum atomic E-state index is -0.209. The Morgan fingerprint density at radius 3 is 1.45 bits per heavy atom. The summed E-state index contributed by atoms with van der Waals surface area (Å²) in [6.45, 7) is 38.4. The van der Waals surface area contributed by atoms with Crippen molar-refractivity contribution in [1.29, 1.82) is 0 Å². The fourth-order valence-electron chi connectivity index (χ4n) is 13.2. The van der Waals surface area contributed by atoms with E-state index in [9.17, 15) is 0 Å². The van der Waals surface area contributed by atoms with Gasteiger partial charge in [-0.3, -0.25) is 0 Å². The topological polar surface area (TPSA) is 9.72 Å². The molecule has 0 N–H and O–H groups in total. The van der Waals surface area contributed by atoms with E-state index < -0.39 is 0 Å². The molecule has 0 aromatic heterocycles. The number of hydrogen-bond donors (Lipinski definition) is 0. The number of fused-ring (bicyclic) bond motifs is 9. The lowest BCUT2D eigenvalue weighted by Crippen LogP contribution is -2.62. The van der Waals surface area contributed by atoms with Crippen LogP contribution in [-0.4, -0.2) is 12.3 Å². The molecule has 67 heavy (non-hydrogen) atoms. The second kappa shape index (κ2) is 14.0. The lowest BCUT2D eigenvalue weighted by atomic mass is 9.33. The van der Waals surface area contributed by atoms with Crippen LogP contribution in [0.2, 0.25) is 0 Å². The van der Waals surface area contributed by atoms with Crippen LogP contribution in [0.3, 0.4) is 0 Å². The summed E-state index contributed by atoms with van der Waals surface area (Å²) in [5.74, 6) is 0. The van der Waals surface area contributed by atoms with E-state index in [2.05, 4.69) is 235 Å². The summed E-state index contributed by atoms with van der Waals surface area (Å²) in [6.07, 6.45) is 4.96. The van der Waals surface area contributed by atoms with E-state index in [1.165, 1.54) is 121 Å². The molecular weight excluding hydrogens is 810 g/mol. The highest BCUT2D eigenvalue weighted by atomic mass is 15.3. The maximum Gasteiger partial charge on any atom is 0.252 e. The number of nitrogens with zero attached hydrogens (tertiary/aromatic N) is 3. The molecule has 0 spiro atoms. The van der Waals surface area contributed by atoms with Crippen LogP contribution in [0.4, 0.5) is 45.5 Å². The molecule has 4 aliphatic heterocycles. The predicted molar refractivity (Wildman–Crippen MR) is 290 cm³/mol. The molecule has 1 saturated carbocycles. The fourth-order valence-corrected chi connectivity index (χ4v) is 13.2. The first-order valence-electron chi connectivity index (χ1n) is 25.5. The predicted octanol–water partition coefficient (Wildman–Crippen LogP) is 15.3. The molecule has 5 aliphatic rings. The maximum atomic E-state index is 2.87. The third kappa shape index (κ3) is 6.22. The Labute approximate surface area is 404 Å². The Balaban J connectivity index is 1.26. The molecule has 3 nitrogen and oxygen atoms in total. The number of hydrogen-bond acceptors (Lipinski definition) is 3. The summed E-state index contributed by atoms with van der Waals surface area (Å²) in [5.41, 5.74) is 24.3. The molecule has 1 aliphatic carbocycles. The Kier molecular flexibility index (Phi) is 9.23. The SMILES string of the molecule is CC(C)(C)c1ccc(N2c3cc(C(C)(C)C)ccc3B3c4cc5c(cc4N(c4ccc(C(C)(C)C)cc4)c4cc(C(C)(C)C)cc2c43)N2c3c(cccc3C3(C)CCCCC23C)C5(C)C)cc1. The Bertz CT molecular complexity index is 3020. The van der Waals surface area contributed by atoms with E-state index in [4.69, 9.17) is 0 Å². The first kappa shape index (κ1) is 44.3. The quantitative estimate of drug-likeness (QED) is 0.160. The van der Waals surface area contributed by atoms with Crippen molar-refractivity contribution >= 4 is 68.6 Å². The van der Waals surface area contributed by atoms with Crippen LogP contribution in [-0.2, 0) is 32.5 Å². The van der Waals surface area contributed by atoms with Crippen molar-refractivity contribution in [1.82, 2.24) is 0 Å². The summed E-state index contributed by atoms with van der Waals surface area (Å²) in [4.78, 5) is 8.18. The summed E-state index contributed by atoms with van der Waals surface area (Å²) in [5, 5.41) is 0. The van der Waals surface area contributed by atoms with Crippen molar-refractivity contribution in [3.05, 3.63) is 148 Å². The largest absolute Gasteiger partial charge is 0.334 e. The zero-order valence-corrected chi connectivity index (χ0v) is 43.6. The smallest absolute Gasteiger partial charge is 0.252 e. The van der Waals surface area contributed by atoms with Gasteiger partial charge in [-0.05, 0) is 145 Å². The molecule has 344 valence electrons. The van der Waals surface area contributed by atoms with E-state index in [0.717, 1.165) is 0 Å². The molecule has 11 rings (SSSR count). The van der Waals surface area contributed by atoms with Crippen molar-refractivity contribution < 1.29 is 0 Å². The van der Waals surface area contributed by atoms with Crippen molar-refractivity contribution in [3.8, 4) is 0 Å². The van der Waals surface area contributed by atoms with Crippen LogP contribution < -0.4 is 31.1 Å². The Morgan fingerprint density at radius 1 is 0.433 bits per heavy atom. The molecule has 2 unspecified atom stereocenters. The standard InChI is InChI=1S/C63H74BN3/c1-57(2,3)39-22-27-43(28-23-39)65-51-34-41(59(7,8)9)26-31-48(51)64-49-37-47-50(67-56-45(61(47,13)14)20-19-21-46(56)62(15)32-17-18-33-63(62,67)16)38-52(49)66(44-29-24-40(25-30-44)58(4,5)6)54-36-42(60(10,11)12)35-53(65)55(54)64/h19-31,34-38H,17-18,32-33H2,1-16H3. The highest BCUT2D eigenvalue weighted by Gasteiger charge is 2.61. The minimum Gasteiger partial charge on any atom is -0.334 e. The molecule has 4 heterocycles. The Morgan fingerprint density at radius 2 is 0.910 bits per heavy atom. The summed E-state index contributed by atoms with van der Waals surface area (Å²) < 4.78 is 0. The van der Waals surface area contributed by atoms with Crippen LogP contribution in [0.15, 0.2) is 109 Å². The highest BCUT2D eigenvalue weighted by Crippen LogP contribution is 2.66. The molecule has 0 amide bonds. The van der Waals surface area contributed by atoms with Crippen LogP contribution in [0.25, 0.3) is 0 Å². The van der Waals surface area contributed by atoms with Gasteiger partial charge >= 0.3 is 0 Å². The van der Waals surface area contributed by atoms with E-state index >= 15 is 0 Å². The second-order valence-electron chi connectivity index (χ2n) is 26.3. The second-order valence-corrected chi connectivity index (χ2v) is 26.3. The van der Waals surface area contributed by atoms with Gasteiger partial charge in [0.05, 0.1) is 5.54 Å². The minimum absolute atomic E-state index is 0.0230. The third-order valence-electron chi connectivity index (χ3n) is 17.6. The van der Waals surface area contributed by atoms with Crippen LogP contribution in [0, 0.1) is 0 Å². The molecular formula is C63H74BN3. The normalized spacial score (nSPS) is 21.3. The van der Waals surface area contributed by atoms with E-state index in [1.807, 2.05) is 0 Å². The molecule has 1 fully saturated rings. The number of anilines is 8. The number of para-hydroxylation sites is 1. The van der Waals surface area contributed by atoms with Gasteiger partial charge in [0.2, 0.25) is 0 Å². The van der Waals surface area contributed by atoms with Crippen molar-refractivity contribution in [2.75, 3.05) is 14.7 Å². The maximum absolute atomic E-state index is 2.87. The van der Waals surface area contributed by atoms with Gasteiger partial charge in [-0.2, -0.15) is 0 Å². The van der Waals surface area contributed by atoms with Crippen molar-refractivity contribution in [3.63, 3.8) is 0 Å². The molecule has 2 atom stereocenters. The monoisotopic (exact) mass is 884 g/mol. The summed E-state index contributed by atoms with van der Waals surface area (Å²) in [6, 6.07) is 44.3. The summed E-state index contributed by atoms with van der Waals surface area (Å²) >= 11 is 0. The van der Waals surface area contributed by atoms with Crippen molar-refractivity contribution in [2.24, 2.45) is 0 Å². The lowest BCUT2D eigenvalue weighted by molar-refractivity contribution is 0.194. The fraction of sp³-hybridized carbons (Fsp3) is 0.429. The van der Waals surface area contributed by atoms with Gasteiger partial charge in [0.15, 0.2) is 0 Å². The molecule has 0 bridgehead atoms. The van der Waals surface area contributed by atoms with Gasteiger partial charge in [0, 0.05) is 56.3 Å². The van der Waals surface area contributed by atoms with Crippen LogP contribution in [0.1, 0.15) is 175 Å². The van der Waals surface area contributed by atoms with E-state index in [1.54, 1.807) is 5.56 Å². The van der Waals surface area contributed by atoms with E-state index in [0.29, 0.717) is 0 Å². The van der Waals surface area contributed by atoms with Gasteiger partial charge in [0.25, 0.3) is 6.71 Å². The zero-order valence-electron chi connectivity index (χ0n) is 43.6. The lowest BCUT2D eigenvalue weighted by Gasteiger charge is -2.53.